The van der Waals surface area contributed by atoms with Crippen molar-refractivity contribution in [3.8, 4) is 0 Å². The van der Waals surface area contributed by atoms with Crippen molar-refractivity contribution in [3.05, 3.63) is 54.6 Å². The number of fused-ring (bicyclic) bond motifs is 1. The van der Waals surface area contributed by atoms with E-state index in [0.29, 0.717) is 11.3 Å². The highest BCUT2D eigenvalue weighted by atomic mass is 16.5. The molecule has 0 aliphatic heterocycles. The molecule has 3 rings (SSSR count). The summed E-state index contributed by atoms with van der Waals surface area (Å²) in [7, 11) is 0. The lowest BCUT2D eigenvalue weighted by Gasteiger charge is -2.13. The Bertz CT molecular complexity index is 845. The van der Waals surface area contributed by atoms with Crippen LogP contribution in [0, 0.1) is 0 Å². The minimum absolute atomic E-state index is 0.352. The molecule has 23 heavy (non-hydrogen) atoms. The predicted molar refractivity (Wildman–Crippen MR) is 83.8 cm³/mol. The van der Waals surface area contributed by atoms with Gasteiger partial charge in [0.1, 0.15) is 0 Å². The molecular weight excluding hydrogens is 296 g/mol. The fourth-order valence-electron chi connectivity index (χ4n) is 2.02. The number of aromatic nitrogens is 3. The van der Waals surface area contributed by atoms with E-state index >= 15 is 0 Å². The molecule has 2 aromatic heterocycles. The molecule has 0 spiro atoms. The number of pyridine rings is 1. The lowest BCUT2D eigenvalue weighted by Crippen LogP contribution is -2.30. The highest BCUT2D eigenvalue weighted by Crippen LogP contribution is 2.13. The first kappa shape index (κ1) is 14.7. The molecular formula is C16H14N4O3. The predicted octanol–water partition coefficient (Wildman–Crippen LogP) is 2.14. The molecule has 1 aromatic carbocycles. The summed E-state index contributed by atoms with van der Waals surface area (Å²) in [6.07, 6.45) is 3.75. The van der Waals surface area contributed by atoms with E-state index in [9.17, 15) is 9.59 Å². The third-order valence-corrected chi connectivity index (χ3v) is 3.26. The Morgan fingerprint density at radius 1 is 1.22 bits per heavy atom. The zero-order chi connectivity index (χ0) is 16.2. The van der Waals surface area contributed by atoms with Gasteiger partial charge in [-0.1, -0.05) is 0 Å². The van der Waals surface area contributed by atoms with Gasteiger partial charge in [0, 0.05) is 18.1 Å². The van der Waals surface area contributed by atoms with Crippen LogP contribution in [0.3, 0.4) is 0 Å². The van der Waals surface area contributed by atoms with Crippen LogP contribution < -0.4 is 5.32 Å². The molecule has 1 unspecified atom stereocenters. The first-order valence-electron chi connectivity index (χ1n) is 6.98. The third kappa shape index (κ3) is 3.34. The maximum Gasteiger partial charge on any atom is 0.338 e. The summed E-state index contributed by atoms with van der Waals surface area (Å²) in [6.45, 7) is 1.52. The first-order valence-corrected chi connectivity index (χ1v) is 6.98. The Kier molecular flexibility index (Phi) is 4.01. The normalized spacial score (nSPS) is 11.9. The van der Waals surface area contributed by atoms with E-state index in [0.717, 1.165) is 11.0 Å². The fourth-order valence-corrected chi connectivity index (χ4v) is 2.02. The number of nitrogens with one attached hydrogen (secondary N) is 2. The molecule has 0 saturated heterocycles. The molecule has 7 heteroatoms. The van der Waals surface area contributed by atoms with E-state index in [-0.39, 0.29) is 0 Å². The summed E-state index contributed by atoms with van der Waals surface area (Å²) < 4.78 is 5.19. The molecule has 116 valence electrons. The number of anilines is 1. The smallest absolute Gasteiger partial charge is 0.338 e. The van der Waals surface area contributed by atoms with Crippen molar-refractivity contribution in [2.45, 2.75) is 13.0 Å². The van der Waals surface area contributed by atoms with E-state index < -0.39 is 18.0 Å². The number of hydrogen-bond donors (Lipinski definition) is 2. The number of hydrogen-bond acceptors (Lipinski definition) is 5. The lowest BCUT2D eigenvalue weighted by atomic mass is 10.2. The van der Waals surface area contributed by atoms with E-state index in [4.69, 9.17) is 4.74 Å². The summed E-state index contributed by atoms with van der Waals surface area (Å²) in [4.78, 5) is 35.0. The van der Waals surface area contributed by atoms with Crippen LogP contribution >= 0.6 is 0 Å². The number of carbonyl (C=O) groups is 2. The second-order valence-corrected chi connectivity index (χ2v) is 4.91. The number of aromatic amines is 1. The maximum atomic E-state index is 12.1. The highest BCUT2D eigenvalue weighted by Gasteiger charge is 2.19. The molecule has 3 aromatic rings. The molecule has 1 amide bonds. The van der Waals surface area contributed by atoms with Crippen LogP contribution in [-0.2, 0) is 9.53 Å². The second-order valence-electron chi connectivity index (χ2n) is 4.91. The van der Waals surface area contributed by atoms with Crippen molar-refractivity contribution in [3.63, 3.8) is 0 Å². The number of H-pyrrole nitrogens is 1. The monoisotopic (exact) mass is 310 g/mol. The minimum atomic E-state index is -0.923. The summed E-state index contributed by atoms with van der Waals surface area (Å²) in [5.74, 6) is -0.981. The molecule has 0 aliphatic rings. The topological polar surface area (TPSA) is 97.0 Å². The Morgan fingerprint density at radius 2 is 2.00 bits per heavy atom. The molecule has 0 aliphatic carbocycles. The van der Waals surface area contributed by atoms with E-state index in [2.05, 4.69) is 20.3 Å². The molecule has 0 saturated carbocycles. The Morgan fingerprint density at radius 3 is 2.78 bits per heavy atom. The van der Waals surface area contributed by atoms with Gasteiger partial charge >= 0.3 is 5.97 Å². The van der Waals surface area contributed by atoms with Gasteiger partial charge in [-0.25, -0.2) is 9.78 Å². The number of carbonyl (C=O) groups excluding carboxylic acids is 2. The van der Waals surface area contributed by atoms with Crippen LogP contribution in [0.1, 0.15) is 17.3 Å². The first-order chi connectivity index (χ1) is 11.1. The van der Waals surface area contributed by atoms with Crippen molar-refractivity contribution < 1.29 is 14.3 Å². The SMILES string of the molecule is CC(OC(=O)c1ccc2nc[nH]c2c1)C(=O)Nc1ccncc1. The van der Waals surface area contributed by atoms with Crippen LogP contribution in [0.2, 0.25) is 0 Å². The number of benzene rings is 1. The number of imidazole rings is 1. The average molecular weight is 310 g/mol. The number of ether oxygens (including phenoxy) is 1. The Labute approximate surface area is 131 Å². The van der Waals surface area contributed by atoms with E-state index in [1.54, 1.807) is 49.1 Å². The fraction of sp³-hybridized carbons (Fsp3) is 0.125. The number of nitrogens with zero attached hydrogens (tertiary/aromatic N) is 2. The van der Waals surface area contributed by atoms with Gasteiger partial charge in [0.25, 0.3) is 5.91 Å². The standard InChI is InChI=1S/C16H14N4O3/c1-10(15(21)20-12-4-6-17-7-5-12)23-16(22)11-2-3-13-14(8-11)19-9-18-13/h2-10H,1H3,(H,18,19)(H,17,20,21). The highest BCUT2D eigenvalue weighted by molar-refractivity contribution is 5.98. The van der Waals surface area contributed by atoms with E-state index in [1.807, 2.05) is 0 Å². The van der Waals surface area contributed by atoms with E-state index in [1.165, 1.54) is 6.92 Å². The van der Waals surface area contributed by atoms with Gasteiger partial charge in [-0.2, -0.15) is 0 Å². The van der Waals surface area contributed by atoms with Gasteiger partial charge in [-0.05, 0) is 37.3 Å². The number of esters is 1. The zero-order valence-electron chi connectivity index (χ0n) is 12.3. The van der Waals surface area contributed by atoms with Crippen molar-refractivity contribution in [1.82, 2.24) is 15.0 Å². The summed E-state index contributed by atoms with van der Waals surface area (Å²) in [6, 6.07) is 8.26. The van der Waals surface area contributed by atoms with Crippen LogP contribution in [-0.4, -0.2) is 32.9 Å². The largest absolute Gasteiger partial charge is 0.449 e. The van der Waals surface area contributed by atoms with Gasteiger partial charge < -0.3 is 15.0 Å². The average Bonchev–Trinajstić information content (AvgIpc) is 3.03. The summed E-state index contributed by atoms with van der Waals surface area (Å²) >= 11 is 0. The second kappa shape index (κ2) is 6.27. The van der Waals surface area contributed by atoms with Gasteiger partial charge in [0.2, 0.25) is 0 Å². The van der Waals surface area contributed by atoms with Crippen molar-refractivity contribution in [2.24, 2.45) is 0 Å². The molecule has 1 atom stereocenters. The maximum absolute atomic E-state index is 12.1. The Balaban J connectivity index is 1.65. The van der Waals surface area contributed by atoms with Gasteiger partial charge in [-0.3, -0.25) is 9.78 Å². The number of amides is 1. The third-order valence-electron chi connectivity index (χ3n) is 3.26. The van der Waals surface area contributed by atoms with Gasteiger partial charge in [0.15, 0.2) is 6.10 Å². The van der Waals surface area contributed by atoms with Gasteiger partial charge in [-0.15, -0.1) is 0 Å². The summed E-state index contributed by atoms with van der Waals surface area (Å²) in [5.41, 5.74) is 2.43. The summed E-state index contributed by atoms with van der Waals surface area (Å²) in [5, 5.41) is 2.65. The van der Waals surface area contributed by atoms with Crippen molar-refractivity contribution in [1.29, 1.82) is 0 Å². The van der Waals surface area contributed by atoms with Crippen molar-refractivity contribution in [2.75, 3.05) is 5.32 Å². The van der Waals surface area contributed by atoms with Crippen LogP contribution in [0.4, 0.5) is 5.69 Å². The molecule has 2 heterocycles. The van der Waals surface area contributed by atoms with Gasteiger partial charge in [0.05, 0.1) is 22.9 Å². The number of rotatable bonds is 4. The molecule has 7 nitrogen and oxygen atoms in total. The molecule has 2 N–H and O–H groups in total. The quantitative estimate of drug-likeness (QED) is 0.720. The van der Waals surface area contributed by atoms with Crippen molar-refractivity contribution >= 4 is 28.6 Å². The van der Waals surface area contributed by atoms with Crippen LogP contribution in [0.15, 0.2) is 49.1 Å². The lowest BCUT2D eigenvalue weighted by molar-refractivity contribution is -0.123. The Hall–Kier alpha value is -3.22. The molecule has 0 fully saturated rings. The minimum Gasteiger partial charge on any atom is -0.449 e. The zero-order valence-corrected chi connectivity index (χ0v) is 12.3. The molecule has 0 bridgehead atoms. The van der Waals surface area contributed by atoms with Crippen LogP contribution in [0.25, 0.3) is 11.0 Å². The van der Waals surface area contributed by atoms with Crippen LogP contribution in [0.5, 0.6) is 0 Å². The molecule has 0 radical (unpaired) electrons.